The molecule has 3 heterocycles. The first-order valence-electron chi connectivity index (χ1n) is 11.3. The average Bonchev–Trinajstić information content (AvgIpc) is 3.13. The number of fused-ring (bicyclic) bond motifs is 1. The van der Waals surface area contributed by atoms with Crippen molar-refractivity contribution in [3.63, 3.8) is 0 Å². The molecule has 1 aliphatic heterocycles. The Bertz CT molecular complexity index is 1290. The molecule has 0 bridgehead atoms. The molecule has 4 rings (SSSR count). The molecule has 8 heteroatoms. The third-order valence-corrected chi connectivity index (χ3v) is 6.95. The van der Waals surface area contributed by atoms with E-state index in [0.717, 1.165) is 10.9 Å². The number of nitrogens with zero attached hydrogens (tertiary/aromatic N) is 3. The number of carboxylic acid groups (broad SMARTS) is 1. The second-order valence-electron chi connectivity index (χ2n) is 10.7. The third-order valence-electron chi connectivity index (χ3n) is 6.64. The summed E-state index contributed by atoms with van der Waals surface area (Å²) in [6.45, 7) is 10.6. The predicted octanol–water partition coefficient (Wildman–Crippen LogP) is 5.82. The van der Waals surface area contributed by atoms with Crippen molar-refractivity contribution in [1.82, 2.24) is 14.5 Å². The van der Waals surface area contributed by atoms with E-state index >= 15 is 0 Å². The van der Waals surface area contributed by atoms with Crippen molar-refractivity contribution in [2.24, 2.45) is 11.3 Å². The van der Waals surface area contributed by atoms with Crippen LogP contribution in [0.5, 0.6) is 0 Å². The van der Waals surface area contributed by atoms with Crippen LogP contribution in [0, 0.1) is 17.2 Å². The standard InChI is InChI=1S/C26H29ClFN3O3/c1-25(2,3)31-13-17(15-6-8-19(27)20(28)12-15)16-7-9-21(29-22(16)31)23(32)30-11-10-18(24(33)34)26(4,5)14-30/h6-9,12-13,18H,10-11,14H2,1-5H3,(H,33,34). The summed E-state index contributed by atoms with van der Waals surface area (Å²) in [6, 6.07) is 8.22. The zero-order chi connectivity index (χ0) is 25.0. The van der Waals surface area contributed by atoms with Gasteiger partial charge in [-0.05, 0) is 62.4 Å². The molecule has 1 aliphatic rings. The smallest absolute Gasteiger partial charge is 0.307 e. The summed E-state index contributed by atoms with van der Waals surface area (Å²) in [5.41, 5.74) is 1.53. The van der Waals surface area contributed by atoms with Crippen LogP contribution in [0.15, 0.2) is 36.5 Å². The van der Waals surface area contributed by atoms with Crippen LogP contribution in [0.2, 0.25) is 5.02 Å². The number of benzene rings is 1. The van der Waals surface area contributed by atoms with Crippen LogP contribution >= 0.6 is 11.6 Å². The van der Waals surface area contributed by atoms with Gasteiger partial charge in [0.2, 0.25) is 0 Å². The zero-order valence-corrected chi connectivity index (χ0v) is 20.8. The Hall–Kier alpha value is -2.93. The monoisotopic (exact) mass is 485 g/mol. The average molecular weight is 486 g/mol. The fourth-order valence-corrected chi connectivity index (χ4v) is 4.89. The number of pyridine rings is 1. The number of aliphatic carboxylic acids is 1. The number of hydrogen-bond acceptors (Lipinski definition) is 3. The van der Waals surface area contributed by atoms with Gasteiger partial charge < -0.3 is 14.6 Å². The molecular weight excluding hydrogens is 457 g/mol. The van der Waals surface area contributed by atoms with E-state index in [1.54, 1.807) is 17.0 Å². The molecule has 0 saturated carbocycles. The molecule has 6 nitrogen and oxygen atoms in total. The first kappa shape index (κ1) is 24.2. The molecule has 1 saturated heterocycles. The second kappa shape index (κ2) is 8.38. The zero-order valence-electron chi connectivity index (χ0n) is 20.0. The van der Waals surface area contributed by atoms with Crippen LogP contribution in [0.1, 0.15) is 51.5 Å². The molecule has 1 atom stereocenters. The Morgan fingerprint density at radius 2 is 1.91 bits per heavy atom. The van der Waals surface area contributed by atoms with E-state index in [2.05, 4.69) is 0 Å². The first-order chi connectivity index (χ1) is 15.8. The van der Waals surface area contributed by atoms with Crippen molar-refractivity contribution in [2.75, 3.05) is 13.1 Å². The van der Waals surface area contributed by atoms with E-state index in [9.17, 15) is 19.1 Å². The van der Waals surface area contributed by atoms with Gasteiger partial charge in [-0.1, -0.05) is 31.5 Å². The second-order valence-corrected chi connectivity index (χ2v) is 11.1. The number of hydrogen-bond donors (Lipinski definition) is 1. The van der Waals surface area contributed by atoms with Gasteiger partial charge >= 0.3 is 5.97 Å². The van der Waals surface area contributed by atoms with Gasteiger partial charge in [-0.2, -0.15) is 0 Å². The Labute approximate surface area is 203 Å². The fourth-order valence-electron chi connectivity index (χ4n) is 4.78. The summed E-state index contributed by atoms with van der Waals surface area (Å²) < 4.78 is 16.2. The van der Waals surface area contributed by atoms with E-state index in [1.807, 2.05) is 51.4 Å². The number of halogens is 2. The summed E-state index contributed by atoms with van der Waals surface area (Å²) in [4.78, 5) is 31.4. The minimum absolute atomic E-state index is 0.0592. The van der Waals surface area contributed by atoms with Crippen LogP contribution in [0.3, 0.4) is 0 Å². The van der Waals surface area contributed by atoms with E-state index < -0.39 is 23.1 Å². The van der Waals surface area contributed by atoms with Gasteiger partial charge in [0.15, 0.2) is 0 Å². The van der Waals surface area contributed by atoms with Crippen LogP contribution in [-0.2, 0) is 10.3 Å². The maximum Gasteiger partial charge on any atom is 0.307 e. The summed E-state index contributed by atoms with van der Waals surface area (Å²) in [7, 11) is 0. The Morgan fingerprint density at radius 3 is 2.50 bits per heavy atom. The van der Waals surface area contributed by atoms with Crippen molar-refractivity contribution >= 4 is 34.5 Å². The number of rotatable bonds is 3. The number of carboxylic acids is 1. The molecule has 34 heavy (non-hydrogen) atoms. The van der Waals surface area contributed by atoms with Crippen LogP contribution in [-0.4, -0.2) is 44.5 Å². The van der Waals surface area contributed by atoms with Gasteiger partial charge in [0, 0.05) is 35.8 Å². The van der Waals surface area contributed by atoms with E-state index in [0.29, 0.717) is 36.4 Å². The molecule has 0 aliphatic carbocycles. The minimum atomic E-state index is -0.828. The molecule has 2 aromatic heterocycles. The van der Waals surface area contributed by atoms with Crippen LogP contribution in [0.25, 0.3) is 22.2 Å². The first-order valence-corrected chi connectivity index (χ1v) is 11.7. The fraction of sp³-hybridized carbons (Fsp3) is 0.423. The maximum atomic E-state index is 14.2. The molecule has 180 valence electrons. The quantitative estimate of drug-likeness (QED) is 0.507. The van der Waals surface area contributed by atoms with E-state index in [4.69, 9.17) is 16.6 Å². The molecule has 1 aromatic carbocycles. The van der Waals surface area contributed by atoms with Crippen LogP contribution < -0.4 is 0 Å². The Balaban J connectivity index is 1.76. The Kier molecular flexibility index (Phi) is 5.96. The number of carbonyl (C=O) groups excluding carboxylic acids is 1. The maximum absolute atomic E-state index is 14.2. The number of amides is 1. The van der Waals surface area contributed by atoms with E-state index in [-0.39, 0.29) is 16.5 Å². The summed E-state index contributed by atoms with van der Waals surface area (Å²) in [5, 5.41) is 10.4. The lowest BCUT2D eigenvalue weighted by Gasteiger charge is -2.42. The SMILES string of the molecule is CC1(C)CN(C(=O)c2ccc3c(-c4ccc(Cl)c(F)c4)cn(C(C)(C)C)c3n2)CCC1C(=O)O. The third kappa shape index (κ3) is 4.29. The van der Waals surface area contributed by atoms with Crippen molar-refractivity contribution in [3.05, 3.63) is 53.1 Å². The van der Waals surface area contributed by atoms with Gasteiger partial charge in [-0.25, -0.2) is 9.37 Å². The lowest BCUT2D eigenvalue weighted by atomic mass is 9.74. The summed E-state index contributed by atoms with van der Waals surface area (Å²) >= 11 is 5.87. The highest BCUT2D eigenvalue weighted by Gasteiger charge is 2.42. The van der Waals surface area contributed by atoms with E-state index in [1.165, 1.54) is 12.1 Å². The number of aromatic nitrogens is 2. The molecule has 3 aromatic rings. The van der Waals surface area contributed by atoms with Gasteiger partial charge in [0.1, 0.15) is 17.2 Å². The molecular formula is C26H29ClFN3O3. The highest BCUT2D eigenvalue weighted by atomic mass is 35.5. The lowest BCUT2D eigenvalue weighted by Crippen LogP contribution is -2.50. The molecule has 0 spiro atoms. The van der Waals surface area contributed by atoms with Gasteiger partial charge in [-0.15, -0.1) is 0 Å². The normalized spacial score (nSPS) is 18.3. The van der Waals surface area contributed by atoms with Gasteiger partial charge in [-0.3, -0.25) is 9.59 Å². The van der Waals surface area contributed by atoms with Crippen molar-refractivity contribution in [2.45, 2.75) is 46.6 Å². The topological polar surface area (TPSA) is 75.4 Å². The Morgan fingerprint density at radius 1 is 1.21 bits per heavy atom. The van der Waals surface area contributed by atoms with Crippen molar-refractivity contribution in [3.8, 4) is 11.1 Å². The van der Waals surface area contributed by atoms with Crippen molar-refractivity contribution < 1.29 is 19.1 Å². The number of carbonyl (C=O) groups is 2. The predicted molar refractivity (Wildman–Crippen MR) is 131 cm³/mol. The molecule has 1 amide bonds. The highest BCUT2D eigenvalue weighted by Crippen LogP contribution is 2.37. The van der Waals surface area contributed by atoms with Crippen molar-refractivity contribution in [1.29, 1.82) is 0 Å². The number of likely N-dealkylation sites (tertiary alicyclic amines) is 1. The molecule has 1 N–H and O–H groups in total. The molecule has 1 unspecified atom stereocenters. The van der Waals surface area contributed by atoms with Crippen LogP contribution in [0.4, 0.5) is 4.39 Å². The summed E-state index contributed by atoms with van der Waals surface area (Å²) in [6.07, 6.45) is 2.33. The largest absolute Gasteiger partial charge is 0.481 e. The van der Waals surface area contributed by atoms with Gasteiger partial charge in [0.25, 0.3) is 5.91 Å². The van der Waals surface area contributed by atoms with Gasteiger partial charge in [0.05, 0.1) is 10.9 Å². The minimum Gasteiger partial charge on any atom is -0.481 e. The lowest BCUT2D eigenvalue weighted by molar-refractivity contribution is -0.148. The summed E-state index contributed by atoms with van der Waals surface area (Å²) in [5.74, 6) is -2.04. The number of piperidine rings is 1. The molecule has 1 fully saturated rings. The molecule has 0 radical (unpaired) electrons. The highest BCUT2D eigenvalue weighted by molar-refractivity contribution is 6.30.